The second-order valence-corrected chi connectivity index (χ2v) is 8.90. The Morgan fingerprint density at radius 3 is 2.45 bits per heavy atom. The van der Waals surface area contributed by atoms with E-state index in [4.69, 9.17) is 34.8 Å². The molecule has 0 unspecified atom stereocenters. The number of amides is 1. The number of halogens is 4. The van der Waals surface area contributed by atoms with Crippen LogP contribution in [0.25, 0.3) is 11.4 Å². The molecule has 0 aliphatic rings. The summed E-state index contributed by atoms with van der Waals surface area (Å²) in [5, 5.41) is 12.7. The van der Waals surface area contributed by atoms with Crippen molar-refractivity contribution in [2.75, 3.05) is 11.1 Å². The molecule has 0 bridgehead atoms. The van der Waals surface area contributed by atoms with Gasteiger partial charge < -0.3 is 5.32 Å². The molecule has 1 heterocycles. The predicted molar refractivity (Wildman–Crippen MR) is 124 cm³/mol. The first-order valence-corrected chi connectivity index (χ1v) is 11.2. The third-order valence-corrected chi connectivity index (χ3v) is 6.04. The second kappa shape index (κ2) is 10.00. The summed E-state index contributed by atoms with van der Waals surface area (Å²) in [7, 11) is 0. The lowest BCUT2D eigenvalue weighted by atomic mass is 10.2. The molecule has 3 rings (SSSR count). The Hall–Kier alpha value is -1.51. The molecule has 29 heavy (non-hydrogen) atoms. The normalized spacial score (nSPS) is 10.8. The Morgan fingerprint density at radius 2 is 1.83 bits per heavy atom. The maximum Gasteiger partial charge on any atom is 0.234 e. The highest BCUT2D eigenvalue weighted by molar-refractivity contribution is 9.10. The molecule has 0 saturated carbocycles. The zero-order chi connectivity index (χ0) is 21.0. The van der Waals surface area contributed by atoms with Crippen molar-refractivity contribution in [2.24, 2.45) is 0 Å². The average Bonchev–Trinajstić information content (AvgIpc) is 3.06. The fourth-order valence-electron chi connectivity index (χ4n) is 2.47. The number of allylic oxidation sites excluding steroid dienone is 1. The SMILES string of the molecule is C=CCn1c(SCC(=O)Nc2c(Cl)cc(Cl)cc2Cl)nnc1-c1ccc(Br)cc1. The number of nitrogens with zero attached hydrogens (tertiary/aromatic N) is 3. The summed E-state index contributed by atoms with van der Waals surface area (Å²) >= 11 is 22.8. The van der Waals surface area contributed by atoms with Crippen molar-refractivity contribution in [2.45, 2.75) is 11.7 Å². The van der Waals surface area contributed by atoms with E-state index in [9.17, 15) is 4.79 Å². The molecule has 0 aliphatic heterocycles. The van der Waals surface area contributed by atoms with E-state index in [0.29, 0.717) is 28.2 Å². The fraction of sp³-hybridized carbons (Fsp3) is 0.105. The lowest BCUT2D eigenvalue weighted by Gasteiger charge is -2.10. The minimum Gasteiger partial charge on any atom is -0.323 e. The molecule has 1 aromatic heterocycles. The van der Waals surface area contributed by atoms with E-state index in [2.05, 4.69) is 38.0 Å². The minimum atomic E-state index is -0.278. The van der Waals surface area contributed by atoms with Crippen molar-refractivity contribution in [3.8, 4) is 11.4 Å². The summed E-state index contributed by atoms with van der Waals surface area (Å²) in [5.41, 5.74) is 1.24. The van der Waals surface area contributed by atoms with Crippen LogP contribution in [0.15, 0.2) is 58.7 Å². The van der Waals surface area contributed by atoms with Gasteiger partial charge in [0.2, 0.25) is 5.91 Å². The first-order chi connectivity index (χ1) is 13.9. The molecular formula is C19H14BrCl3N4OS. The monoisotopic (exact) mass is 530 g/mol. The van der Waals surface area contributed by atoms with Gasteiger partial charge in [0.05, 0.1) is 21.5 Å². The smallest absolute Gasteiger partial charge is 0.234 e. The van der Waals surface area contributed by atoms with Gasteiger partial charge in [-0.05, 0) is 24.3 Å². The van der Waals surface area contributed by atoms with Crippen LogP contribution in [-0.4, -0.2) is 26.4 Å². The number of carbonyl (C=O) groups is 1. The van der Waals surface area contributed by atoms with Gasteiger partial charge in [-0.25, -0.2) is 0 Å². The molecule has 0 radical (unpaired) electrons. The van der Waals surface area contributed by atoms with Gasteiger partial charge in [0, 0.05) is 21.6 Å². The Morgan fingerprint density at radius 1 is 1.17 bits per heavy atom. The van der Waals surface area contributed by atoms with Crippen LogP contribution in [0.1, 0.15) is 0 Å². The zero-order valence-electron chi connectivity index (χ0n) is 14.8. The number of aromatic nitrogens is 3. The lowest BCUT2D eigenvalue weighted by molar-refractivity contribution is -0.113. The van der Waals surface area contributed by atoms with Crippen molar-refractivity contribution in [3.05, 3.63) is 68.6 Å². The lowest BCUT2D eigenvalue weighted by Crippen LogP contribution is -2.15. The van der Waals surface area contributed by atoms with E-state index in [0.717, 1.165) is 10.0 Å². The van der Waals surface area contributed by atoms with Crippen molar-refractivity contribution >= 4 is 74.1 Å². The van der Waals surface area contributed by atoms with Crippen molar-refractivity contribution < 1.29 is 4.79 Å². The third-order valence-electron chi connectivity index (χ3n) is 3.73. The van der Waals surface area contributed by atoms with E-state index < -0.39 is 0 Å². The van der Waals surface area contributed by atoms with E-state index in [1.807, 2.05) is 28.8 Å². The predicted octanol–water partition coefficient (Wildman–Crippen LogP) is 6.58. The molecule has 0 aliphatic carbocycles. The van der Waals surface area contributed by atoms with Gasteiger partial charge >= 0.3 is 0 Å². The molecule has 1 N–H and O–H groups in total. The highest BCUT2D eigenvalue weighted by atomic mass is 79.9. The number of benzene rings is 2. The number of anilines is 1. The first-order valence-electron chi connectivity index (χ1n) is 8.26. The highest BCUT2D eigenvalue weighted by Crippen LogP contribution is 2.34. The van der Waals surface area contributed by atoms with Crippen LogP contribution in [0.2, 0.25) is 15.1 Å². The van der Waals surface area contributed by atoms with E-state index in [1.54, 1.807) is 6.08 Å². The maximum atomic E-state index is 12.4. The molecule has 0 atom stereocenters. The summed E-state index contributed by atoms with van der Waals surface area (Å²) in [6.45, 7) is 4.30. The Labute approximate surface area is 195 Å². The molecule has 5 nitrogen and oxygen atoms in total. The van der Waals surface area contributed by atoms with Crippen molar-refractivity contribution in [1.82, 2.24) is 14.8 Å². The molecule has 1 amide bonds. The van der Waals surface area contributed by atoms with Gasteiger partial charge in [-0.2, -0.15) is 0 Å². The number of hydrogen-bond acceptors (Lipinski definition) is 4. The fourth-order valence-corrected chi connectivity index (χ4v) is 4.39. The number of carbonyl (C=O) groups excluding carboxylic acids is 1. The van der Waals surface area contributed by atoms with Crippen LogP contribution < -0.4 is 5.32 Å². The zero-order valence-corrected chi connectivity index (χ0v) is 19.5. The van der Waals surface area contributed by atoms with Crippen LogP contribution in [0.4, 0.5) is 5.69 Å². The topological polar surface area (TPSA) is 59.8 Å². The third kappa shape index (κ3) is 5.55. The summed E-state index contributed by atoms with van der Waals surface area (Å²) in [6, 6.07) is 10.8. The van der Waals surface area contributed by atoms with Gasteiger partial charge in [0.1, 0.15) is 0 Å². The summed E-state index contributed by atoms with van der Waals surface area (Å²) < 4.78 is 2.87. The Balaban J connectivity index is 1.74. The minimum absolute atomic E-state index is 0.102. The molecule has 0 saturated heterocycles. The van der Waals surface area contributed by atoms with Crippen molar-refractivity contribution in [1.29, 1.82) is 0 Å². The van der Waals surface area contributed by atoms with Gasteiger partial charge in [0.15, 0.2) is 11.0 Å². The van der Waals surface area contributed by atoms with Crippen LogP contribution in [-0.2, 0) is 11.3 Å². The molecule has 0 fully saturated rings. The molecule has 3 aromatic rings. The second-order valence-electron chi connectivity index (χ2n) is 5.79. The van der Waals surface area contributed by atoms with E-state index in [1.165, 1.54) is 23.9 Å². The van der Waals surface area contributed by atoms with E-state index in [-0.39, 0.29) is 21.7 Å². The first kappa shape index (κ1) is 22.2. The number of nitrogens with one attached hydrogen (secondary N) is 1. The summed E-state index contributed by atoms with van der Waals surface area (Å²) in [5.74, 6) is 0.522. The number of rotatable bonds is 7. The quantitative estimate of drug-likeness (QED) is 0.276. The Kier molecular flexibility index (Phi) is 7.65. The molecular weight excluding hydrogens is 519 g/mol. The van der Waals surface area contributed by atoms with Gasteiger partial charge in [-0.3, -0.25) is 9.36 Å². The molecule has 2 aromatic carbocycles. The molecule has 150 valence electrons. The number of thioether (sulfide) groups is 1. The molecule has 0 spiro atoms. The van der Waals surface area contributed by atoms with Gasteiger partial charge in [0.25, 0.3) is 0 Å². The number of hydrogen-bond donors (Lipinski definition) is 1. The van der Waals surface area contributed by atoms with Crippen LogP contribution in [0, 0.1) is 0 Å². The summed E-state index contributed by atoms with van der Waals surface area (Å²) in [4.78, 5) is 12.4. The van der Waals surface area contributed by atoms with Gasteiger partial charge in [-0.15, -0.1) is 16.8 Å². The highest BCUT2D eigenvalue weighted by Gasteiger charge is 2.16. The van der Waals surface area contributed by atoms with Crippen LogP contribution in [0.5, 0.6) is 0 Å². The van der Waals surface area contributed by atoms with E-state index >= 15 is 0 Å². The van der Waals surface area contributed by atoms with Crippen molar-refractivity contribution in [3.63, 3.8) is 0 Å². The largest absolute Gasteiger partial charge is 0.323 e. The van der Waals surface area contributed by atoms with Crippen LogP contribution >= 0.6 is 62.5 Å². The molecule has 10 heteroatoms. The maximum absolute atomic E-state index is 12.4. The summed E-state index contributed by atoms with van der Waals surface area (Å²) in [6.07, 6.45) is 1.75. The van der Waals surface area contributed by atoms with Crippen LogP contribution in [0.3, 0.4) is 0 Å². The van der Waals surface area contributed by atoms with Gasteiger partial charge in [-0.1, -0.05) is 80.7 Å². The average molecular weight is 533 g/mol. The standard InChI is InChI=1S/C19H14BrCl3N4OS/c1-2-7-27-18(11-3-5-12(20)6-4-11)25-26-19(27)29-10-16(28)24-17-14(22)8-13(21)9-15(17)23/h2-6,8-9H,1,7,10H2,(H,24,28). The Bertz CT molecular complexity index is 1030.